The molecule has 2 atom stereocenters. The van der Waals surface area contributed by atoms with Gasteiger partial charge in [0, 0.05) is 48.5 Å². The van der Waals surface area contributed by atoms with Crippen LogP contribution in [0.2, 0.25) is 5.02 Å². The minimum Gasteiger partial charge on any atom is -0.388 e. The summed E-state index contributed by atoms with van der Waals surface area (Å²) in [6.07, 6.45) is 6.42. The molecule has 2 aliphatic heterocycles. The quantitative estimate of drug-likeness (QED) is 0.221. The number of aromatic nitrogens is 2. The number of nitrogens with two attached hydrogens (primary N) is 2. The lowest BCUT2D eigenvalue weighted by molar-refractivity contribution is -0.123. The topological polar surface area (TPSA) is 126 Å². The highest BCUT2D eigenvalue weighted by molar-refractivity contribution is 6.31. The molecule has 0 radical (unpaired) electrons. The van der Waals surface area contributed by atoms with Crippen molar-refractivity contribution in [3.8, 4) is 11.3 Å². The lowest BCUT2D eigenvalue weighted by atomic mass is 9.98. The fraction of sp³-hybridized carbons (Fsp3) is 0.387. The second kappa shape index (κ2) is 13.8. The predicted octanol–water partition coefficient (Wildman–Crippen LogP) is 4.03. The van der Waals surface area contributed by atoms with Crippen LogP contribution in [0.5, 0.6) is 0 Å². The Labute approximate surface area is 261 Å². The zero-order valence-electron chi connectivity index (χ0n) is 24.3. The van der Waals surface area contributed by atoms with Crippen molar-refractivity contribution in [1.29, 1.82) is 0 Å². The third-order valence-electron chi connectivity index (χ3n) is 8.20. The molecule has 2 bridgehead atoms. The number of nitrogens with one attached hydrogen (secondary N) is 1. The number of hydrazine groups is 1. The van der Waals surface area contributed by atoms with Gasteiger partial charge in [-0.15, -0.1) is 0 Å². The Kier molecular flexibility index (Phi) is 9.92. The fourth-order valence-corrected chi connectivity index (χ4v) is 6.22. The third-order valence-corrected chi connectivity index (χ3v) is 8.53. The summed E-state index contributed by atoms with van der Waals surface area (Å²) in [7, 11) is 0. The molecule has 228 valence electrons. The summed E-state index contributed by atoms with van der Waals surface area (Å²) in [5.74, 6) is 6.24. The molecular weight excluding hydrogens is 587 g/mol. The summed E-state index contributed by atoms with van der Waals surface area (Å²) in [6.45, 7) is 5.99. The molecule has 10 nitrogen and oxygen atoms in total. The average molecular weight is 626 g/mol. The standard InChI is InChI=1S/C31H38Cl2N8O2/c1-2-38-13-14-39-23-8-6-7-21(15-23)26(9-4-3-5-12-36-31(43)28(39)18-38)40-20-37-25(17-30(40)42)24-16-22(32)10-11-27(24)41(35)19-29(33)34/h6-8,10-11,15-17,19-20,26,28H,2-5,9,12-14,18,34-35H2,1H3,(H,36,43)/b29-19-. The van der Waals surface area contributed by atoms with Crippen molar-refractivity contribution in [3.05, 3.63) is 87.2 Å². The molecule has 1 amide bonds. The van der Waals surface area contributed by atoms with E-state index < -0.39 is 0 Å². The molecule has 43 heavy (non-hydrogen) atoms. The van der Waals surface area contributed by atoms with E-state index in [1.54, 1.807) is 29.1 Å². The van der Waals surface area contributed by atoms with Crippen LogP contribution in [0.3, 0.4) is 0 Å². The van der Waals surface area contributed by atoms with E-state index in [-0.39, 0.29) is 28.7 Å². The molecule has 1 fully saturated rings. The SMILES string of the molecule is CCN1CCN2c3cccc(c3)C(n3cnc(-c4cc(Cl)ccc4N(N)/C=C(\N)Cl)cc3=O)CCCCCNC(=O)C2C1. The first-order valence-corrected chi connectivity index (χ1v) is 15.4. The molecule has 5 N–H and O–H groups in total. The van der Waals surface area contributed by atoms with Gasteiger partial charge in [-0.1, -0.05) is 55.1 Å². The number of benzene rings is 2. The molecule has 2 aliphatic rings. The Hall–Kier alpha value is -3.57. The minimum absolute atomic E-state index is 0.00549. The van der Waals surface area contributed by atoms with Crippen LogP contribution < -0.4 is 32.4 Å². The molecule has 12 heteroatoms. The van der Waals surface area contributed by atoms with Crippen molar-refractivity contribution in [3.63, 3.8) is 0 Å². The first kappa shape index (κ1) is 30.9. The Morgan fingerprint density at radius 1 is 1.12 bits per heavy atom. The molecule has 0 saturated carbocycles. The summed E-state index contributed by atoms with van der Waals surface area (Å²) in [5, 5.41) is 4.91. The third kappa shape index (κ3) is 7.15. The number of fused-ring (bicyclic) bond motifs is 4. The second-order valence-corrected chi connectivity index (χ2v) is 11.8. The highest BCUT2D eigenvalue weighted by Gasteiger charge is 2.32. The van der Waals surface area contributed by atoms with E-state index in [2.05, 4.69) is 34.2 Å². The van der Waals surface area contributed by atoms with E-state index >= 15 is 0 Å². The summed E-state index contributed by atoms with van der Waals surface area (Å²) >= 11 is 12.2. The number of halogens is 2. The predicted molar refractivity (Wildman–Crippen MR) is 173 cm³/mol. The number of hydrogen-bond acceptors (Lipinski definition) is 8. The van der Waals surface area contributed by atoms with Crippen LogP contribution in [-0.2, 0) is 4.79 Å². The van der Waals surface area contributed by atoms with Gasteiger partial charge in [0.15, 0.2) is 0 Å². The van der Waals surface area contributed by atoms with Crippen LogP contribution in [0, 0.1) is 0 Å². The summed E-state index contributed by atoms with van der Waals surface area (Å²) in [5.41, 5.74) is 8.93. The number of hydrogen-bond donors (Lipinski definition) is 3. The van der Waals surface area contributed by atoms with E-state index in [9.17, 15) is 9.59 Å². The number of rotatable bonds is 5. The maximum Gasteiger partial charge on any atom is 0.254 e. The molecule has 3 aromatic rings. The van der Waals surface area contributed by atoms with E-state index in [1.165, 1.54) is 17.3 Å². The number of nitrogens with zero attached hydrogens (tertiary/aromatic N) is 5. The number of anilines is 2. The number of amides is 1. The molecule has 5 rings (SSSR count). The van der Waals surface area contributed by atoms with Gasteiger partial charge in [-0.2, -0.15) is 0 Å². The molecule has 1 saturated heterocycles. The zero-order valence-corrected chi connectivity index (χ0v) is 25.8. The smallest absolute Gasteiger partial charge is 0.254 e. The van der Waals surface area contributed by atoms with Crippen LogP contribution in [0.25, 0.3) is 11.3 Å². The molecule has 1 aromatic heterocycles. The highest BCUT2D eigenvalue weighted by Crippen LogP contribution is 2.33. The first-order chi connectivity index (χ1) is 20.7. The molecule has 0 aliphatic carbocycles. The van der Waals surface area contributed by atoms with Crippen LogP contribution in [0.1, 0.15) is 44.2 Å². The Morgan fingerprint density at radius 3 is 2.72 bits per heavy atom. The molecular formula is C31H38Cl2N8O2. The second-order valence-electron chi connectivity index (χ2n) is 11.0. The van der Waals surface area contributed by atoms with Crippen LogP contribution >= 0.6 is 23.2 Å². The molecule has 2 unspecified atom stereocenters. The number of likely N-dealkylation sites (N-methyl/N-ethyl adjacent to an activating group) is 1. The molecule has 2 aromatic carbocycles. The van der Waals surface area contributed by atoms with Gasteiger partial charge in [0.25, 0.3) is 5.56 Å². The van der Waals surface area contributed by atoms with Crippen molar-refractivity contribution in [1.82, 2.24) is 19.8 Å². The van der Waals surface area contributed by atoms with Gasteiger partial charge >= 0.3 is 0 Å². The zero-order chi connectivity index (χ0) is 30.5. The Morgan fingerprint density at radius 2 is 1.95 bits per heavy atom. The monoisotopic (exact) mass is 624 g/mol. The largest absolute Gasteiger partial charge is 0.388 e. The Bertz CT molecular complexity index is 1540. The van der Waals surface area contributed by atoms with Gasteiger partial charge in [0.1, 0.15) is 11.2 Å². The molecule has 3 heterocycles. The number of carbonyl (C=O) groups is 1. The van der Waals surface area contributed by atoms with Gasteiger partial charge in [-0.25, -0.2) is 10.8 Å². The van der Waals surface area contributed by atoms with Crippen molar-refractivity contribution in [2.75, 3.05) is 42.6 Å². The summed E-state index contributed by atoms with van der Waals surface area (Å²) in [4.78, 5) is 36.2. The van der Waals surface area contributed by atoms with Crippen molar-refractivity contribution in [2.24, 2.45) is 11.6 Å². The van der Waals surface area contributed by atoms with E-state index in [4.69, 9.17) is 39.8 Å². The number of piperazine rings is 1. The van der Waals surface area contributed by atoms with E-state index in [1.807, 2.05) is 12.1 Å². The average Bonchev–Trinajstić information content (AvgIpc) is 3.00. The van der Waals surface area contributed by atoms with E-state index in [0.717, 1.165) is 56.6 Å². The van der Waals surface area contributed by atoms with Gasteiger partial charge in [-0.3, -0.25) is 24.1 Å². The maximum absolute atomic E-state index is 13.7. The lowest BCUT2D eigenvalue weighted by Crippen LogP contribution is -2.59. The van der Waals surface area contributed by atoms with Crippen molar-refractivity contribution >= 4 is 40.5 Å². The van der Waals surface area contributed by atoms with E-state index in [0.29, 0.717) is 35.1 Å². The molecule has 0 spiro atoms. The lowest BCUT2D eigenvalue weighted by Gasteiger charge is -2.41. The van der Waals surface area contributed by atoms with Crippen molar-refractivity contribution in [2.45, 2.75) is 44.7 Å². The van der Waals surface area contributed by atoms with Gasteiger partial charge in [0.2, 0.25) is 5.91 Å². The van der Waals surface area contributed by atoms with Crippen LogP contribution in [0.4, 0.5) is 11.4 Å². The summed E-state index contributed by atoms with van der Waals surface area (Å²) < 4.78 is 1.69. The highest BCUT2D eigenvalue weighted by atomic mass is 35.5. The first-order valence-electron chi connectivity index (χ1n) is 14.7. The van der Waals surface area contributed by atoms with Crippen molar-refractivity contribution < 1.29 is 4.79 Å². The normalized spacial score (nSPS) is 20.3. The van der Waals surface area contributed by atoms with Gasteiger partial charge < -0.3 is 16.0 Å². The minimum atomic E-state index is -0.273. The van der Waals surface area contributed by atoms with Gasteiger partial charge in [-0.05, 0) is 55.3 Å². The summed E-state index contributed by atoms with van der Waals surface area (Å²) in [6, 6.07) is 14.3. The van der Waals surface area contributed by atoms with Gasteiger partial charge in [0.05, 0.1) is 30.0 Å². The Balaban J connectivity index is 1.53. The van der Waals surface area contributed by atoms with Crippen LogP contribution in [0.15, 0.2) is 71.0 Å². The number of carbonyl (C=O) groups excluding carboxylic acids is 1. The van der Waals surface area contributed by atoms with Crippen LogP contribution in [-0.4, -0.2) is 59.1 Å². The maximum atomic E-state index is 13.7. The fourth-order valence-electron chi connectivity index (χ4n) is 5.94.